The fraction of sp³-hybridized carbons (Fsp3) is 0.0588. The van der Waals surface area contributed by atoms with Crippen LogP contribution in [0.15, 0.2) is 42.5 Å². The zero-order chi connectivity index (χ0) is 16.6. The van der Waals surface area contributed by atoms with Crippen LogP contribution in [0.1, 0.15) is 16.1 Å². The van der Waals surface area contributed by atoms with Crippen molar-refractivity contribution in [3.8, 4) is 5.75 Å². The van der Waals surface area contributed by atoms with E-state index in [1.165, 1.54) is 12.1 Å². The van der Waals surface area contributed by atoms with E-state index in [2.05, 4.69) is 4.98 Å². The molecule has 3 aromatic rings. The number of carbonyl (C=O) groups excluding carboxylic acids is 1. The van der Waals surface area contributed by atoms with Gasteiger partial charge in [0.1, 0.15) is 5.52 Å². The van der Waals surface area contributed by atoms with Crippen LogP contribution in [0.3, 0.4) is 0 Å². The predicted molar refractivity (Wildman–Crippen MR) is 92.9 cm³/mol. The molecule has 3 nitrogen and oxygen atoms in total. The molecule has 6 heteroatoms. The minimum atomic E-state index is -0.568. The first kappa shape index (κ1) is 16.1. The predicted octanol–water partition coefficient (Wildman–Crippen LogP) is 5.72. The number of benzene rings is 2. The van der Waals surface area contributed by atoms with Crippen molar-refractivity contribution in [2.75, 3.05) is 0 Å². The zero-order valence-corrected chi connectivity index (χ0v) is 14.2. The lowest BCUT2D eigenvalue weighted by Crippen LogP contribution is -2.09. The maximum absolute atomic E-state index is 12.3. The lowest BCUT2D eigenvalue weighted by Gasteiger charge is -2.11. The highest BCUT2D eigenvalue weighted by atomic mass is 35.5. The molecule has 0 aliphatic rings. The average Bonchev–Trinajstić information content (AvgIpc) is 2.51. The number of nitrogens with zero attached hydrogens (tertiary/aromatic N) is 1. The second kappa shape index (κ2) is 6.36. The summed E-state index contributed by atoms with van der Waals surface area (Å²) < 4.78 is 5.46. The molecule has 0 bridgehead atoms. The molecule has 0 saturated carbocycles. The first-order valence-corrected chi connectivity index (χ1v) is 7.82. The largest absolute Gasteiger partial charge is 0.419 e. The van der Waals surface area contributed by atoms with Crippen molar-refractivity contribution in [1.82, 2.24) is 4.98 Å². The van der Waals surface area contributed by atoms with E-state index < -0.39 is 5.97 Å². The van der Waals surface area contributed by atoms with Gasteiger partial charge in [0.05, 0.1) is 15.6 Å². The number of rotatable bonds is 2. The van der Waals surface area contributed by atoms with Crippen LogP contribution in [0.5, 0.6) is 5.75 Å². The number of aryl methyl sites for hydroxylation is 1. The number of aromatic nitrogens is 1. The van der Waals surface area contributed by atoms with E-state index in [-0.39, 0.29) is 10.8 Å². The third-order valence-corrected chi connectivity index (χ3v) is 4.06. The molecule has 0 saturated heterocycles. The summed E-state index contributed by atoms with van der Waals surface area (Å²) in [4.78, 5) is 16.7. The molecular formula is C17H10Cl3NO2. The monoisotopic (exact) mass is 365 g/mol. The van der Waals surface area contributed by atoms with Gasteiger partial charge in [0.15, 0.2) is 5.75 Å². The minimum absolute atomic E-state index is 0.180. The van der Waals surface area contributed by atoms with Crippen molar-refractivity contribution in [2.24, 2.45) is 0 Å². The smallest absolute Gasteiger partial charge is 0.343 e. The lowest BCUT2D eigenvalue weighted by molar-refractivity contribution is 0.0737. The number of fused-ring (bicyclic) bond motifs is 1. The standard InChI is InChI=1S/C17H10Cl3NO2/c1-9-5-6-12-13(19)8-14(20)16(15(12)21-9)23-17(22)10-3-2-4-11(18)7-10/h2-8H,1H3. The molecule has 1 aromatic heterocycles. The highest BCUT2D eigenvalue weighted by Crippen LogP contribution is 2.37. The zero-order valence-electron chi connectivity index (χ0n) is 11.9. The van der Waals surface area contributed by atoms with Gasteiger partial charge in [0.25, 0.3) is 0 Å². The van der Waals surface area contributed by atoms with Gasteiger partial charge in [0.2, 0.25) is 0 Å². The Balaban J connectivity index is 2.09. The van der Waals surface area contributed by atoms with Crippen LogP contribution in [0.25, 0.3) is 10.9 Å². The molecule has 0 N–H and O–H groups in total. The summed E-state index contributed by atoms with van der Waals surface area (Å²) >= 11 is 18.3. The van der Waals surface area contributed by atoms with Crippen LogP contribution in [0.2, 0.25) is 15.1 Å². The molecule has 0 fully saturated rings. The molecule has 0 aliphatic carbocycles. The molecule has 0 unspecified atom stereocenters. The lowest BCUT2D eigenvalue weighted by atomic mass is 10.2. The molecule has 1 heterocycles. The highest BCUT2D eigenvalue weighted by Gasteiger charge is 2.17. The van der Waals surface area contributed by atoms with Gasteiger partial charge in [-0.2, -0.15) is 0 Å². The Labute approximate surface area is 147 Å². The van der Waals surface area contributed by atoms with Crippen molar-refractivity contribution in [3.63, 3.8) is 0 Å². The Morgan fingerprint density at radius 2 is 1.83 bits per heavy atom. The van der Waals surface area contributed by atoms with Gasteiger partial charge in [-0.3, -0.25) is 0 Å². The van der Waals surface area contributed by atoms with E-state index >= 15 is 0 Å². The van der Waals surface area contributed by atoms with Crippen molar-refractivity contribution in [2.45, 2.75) is 6.92 Å². The SMILES string of the molecule is Cc1ccc2c(Cl)cc(Cl)c(OC(=O)c3cccc(Cl)c3)c2n1. The number of pyridine rings is 1. The number of ether oxygens (including phenoxy) is 1. The van der Waals surface area contributed by atoms with Crippen LogP contribution in [-0.2, 0) is 0 Å². The van der Waals surface area contributed by atoms with Crippen molar-refractivity contribution in [1.29, 1.82) is 0 Å². The third-order valence-electron chi connectivity index (χ3n) is 3.23. The van der Waals surface area contributed by atoms with Gasteiger partial charge in [-0.05, 0) is 43.3 Å². The van der Waals surface area contributed by atoms with Crippen LogP contribution < -0.4 is 4.74 Å². The molecule has 0 radical (unpaired) electrons. The minimum Gasteiger partial charge on any atom is -0.419 e. The van der Waals surface area contributed by atoms with E-state index in [9.17, 15) is 4.79 Å². The first-order chi connectivity index (χ1) is 11.0. The Morgan fingerprint density at radius 3 is 2.57 bits per heavy atom. The average molecular weight is 367 g/mol. The molecule has 116 valence electrons. The number of carbonyl (C=O) groups is 1. The highest BCUT2D eigenvalue weighted by molar-refractivity contribution is 6.39. The topological polar surface area (TPSA) is 39.2 Å². The maximum atomic E-state index is 12.3. The summed E-state index contributed by atoms with van der Waals surface area (Å²) in [5, 5.41) is 1.77. The Hall–Kier alpha value is -1.81. The van der Waals surface area contributed by atoms with Gasteiger partial charge >= 0.3 is 5.97 Å². The second-order valence-electron chi connectivity index (χ2n) is 4.92. The van der Waals surface area contributed by atoms with Crippen LogP contribution >= 0.6 is 34.8 Å². The fourth-order valence-electron chi connectivity index (χ4n) is 2.15. The Morgan fingerprint density at radius 1 is 1.04 bits per heavy atom. The molecule has 0 amide bonds. The summed E-state index contributed by atoms with van der Waals surface area (Å²) in [5.41, 5.74) is 1.53. The summed E-state index contributed by atoms with van der Waals surface area (Å²) in [6.07, 6.45) is 0. The van der Waals surface area contributed by atoms with Crippen LogP contribution in [0.4, 0.5) is 0 Å². The fourth-order valence-corrected chi connectivity index (χ4v) is 2.90. The summed E-state index contributed by atoms with van der Waals surface area (Å²) in [6, 6.07) is 11.6. The molecule has 0 aliphatic heterocycles. The summed E-state index contributed by atoms with van der Waals surface area (Å²) in [6.45, 7) is 1.83. The normalized spacial score (nSPS) is 10.8. The number of esters is 1. The quantitative estimate of drug-likeness (QED) is 0.430. The van der Waals surface area contributed by atoms with Gasteiger partial charge < -0.3 is 4.74 Å². The van der Waals surface area contributed by atoms with Gasteiger partial charge in [-0.25, -0.2) is 9.78 Å². The first-order valence-electron chi connectivity index (χ1n) is 6.69. The van der Waals surface area contributed by atoms with Crippen molar-refractivity contribution >= 4 is 51.7 Å². The van der Waals surface area contributed by atoms with Gasteiger partial charge in [0, 0.05) is 16.1 Å². The molecule has 3 rings (SSSR count). The molecular weight excluding hydrogens is 357 g/mol. The summed E-state index contributed by atoms with van der Waals surface area (Å²) in [7, 11) is 0. The number of hydrogen-bond donors (Lipinski definition) is 0. The number of hydrogen-bond acceptors (Lipinski definition) is 3. The van der Waals surface area contributed by atoms with Gasteiger partial charge in [-0.1, -0.05) is 40.9 Å². The van der Waals surface area contributed by atoms with E-state index in [4.69, 9.17) is 39.5 Å². The van der Waals surface area contributed by atoms with E-state index in [1.54, 1.807) is 18.2 Å². The third kappa shape index (κ3) is 3.27. The van der Waals surface area contributed by atoms with E-state index in [1.807, 2.05) is 19.1 Å². The van der Waals surface area contributed by atoms with E-state index in [0.29, 0.717) is 26.5 Å². The van der Waals surface area contributed by atoms with Crippen molar-refractivity contribution in [3.05, 3.63) is 68.8 Å². The molecule has 0 atom stereocenters. The molecule has 0 spiro atoms. The Bertz CT molecular complexity index is 925. The van der Waals surface area contributed by atoms with Crippen molar-refractivity contribution < 1.29 is 9.53 Å². The Kier molecular flexibility index (Phi) is 4.44. The van der Waals surface area contributed by atoms with Crippen LogP contribution in [-0.4, -0.2) is 11.0 Å². The molecule has 2 aromatic carbocycles. The second-order valence-corrected chi connectivity index (χ2v) is 6.17. The van der Waals surface area contributed by atoms with Gasteiger partial charge in [-0.15, -0.1) is 0 Å². The number of halogens is 3. The van der Waals surface area contributed by atoms with Crippen LogP contribution in [0, 0.1) is 6.92 Å². The van der Waals surface area contributed by atoms with E-state index in [0.717, 1.165) is 5.69 Å². The maximum Gasteiger partial charge on any atom is 0.343 e. The summed E-state index contributed by atoms with van der Waals surface area (Å²) in [5.74, 6) is -0.388. The molecule has 23 heavy (non-hydrogen) atoms.